The van der Waals surface area contributed by atoms with E-state index in [1.54, 1.807) is 24.9 Å². The fourth-order valence-electron chi connectivity index (χ4n) is 2.07. The third kappa shape index (κ3) is 2.37. The van der Waals surface area contributed by atoms with E-state index >= 15 is 0 Å². The predicted molar refractivity (Wildman–Crippen MR) is 65.5 cm³/mol. The number of rotatable bonds is 2. The topological polar surface area (TPSA) is 67.2 Å². The number of amides is 2. The first kappa shape index (κ1) is 12.6. The van der Waals surface area contributed by atoms with Gasteiger partial charge in [0.1, 0.15) is 11.4 Å². The van der Waals surface area contributed by atoms with Crippen molar-refractivity contribution in [1.29, 1.82) is 0 Å². The summed E-state index contributed by atoms with van der Waals surface area (Å²) in [6, 6.07) is 0. The van der Waals surface area contributed by atoms with Crippen molar-refractivity contribution < 1.29 is 9.59 Å². The van der Waals surface area contributed by atoms with Gasteiger partial charge in [-0.3, -0.25) is 9.59 Å². The number of imidazole rings is 1. The molecule has 1 aromatic rings. The molecule has 2 rings (SSSR count). The summed E-state index contributed by atoms with van der Waals surface area (Å²) in [6.07, 6.45) is 3.87. The van der Waals surface area contributed by atoms with Crippen LogP contribution in [-0.2, 0) is 23.2 Å². The third-order valence-electron chi connectivity index (χ3n) is 3.14. The molecule has 1 N–H and O–H groups in total. The van der Waals surface area contributed by atoms with Gasteiger partial charge in [0.2, 0.25) is 11.8 Å². The lowest BCUT2D eigenvalue weighted by Crippen LogP contribution is -2.52. The number of hydrogen-bond acceptors (Lipinski definition) is 3. The summed E-state index contributed by atoms with van der Waals surface area (Å²) < 4.78 is 1.88. The minimum absolute atomic E-state index is 0.0728. The van der Waals surface area contributed by atoms with Crippen molar-refractivity contribution in [2.24, 2.45) is 7.05 Å². The van der Waals surface area contributed by atoms with E-state index in [4.69, 9.17) is 0 Å². The lowest BCUT2D eigenvalue weighted by molar-refractivity contribution is -0.138. The summed E-state index contributed by atoms with van der Waals surface area (Å²) in [5, 5.41) is 2.73. The van der Waals surface area contributed by atoms with Gasteiger partial charge in [-0.2, -0.15) is 0 Å². The molecule has 0 atom stereocenters. The van der Waals surface area contributed by atoms with E-state index < -0.39 is 5.54 Å². The Morgan fingerprint density at radius 3 is 2.78 bits per heavy atom. The molecule has 0 aliphatic carbocycles. The van der Waals surface area contributed by atoms with E-state index in [1.165, 1.54) is 0 Å². The molecular formula is C12H18N4O2. The first-order chi connectivity index (χ1) is 8.40. The molecule has 98 valence electrons. The van der Waals surface area contributed by atoms with Crippen LogP contribution < -0.4 is 5.32 Å². The molecule has 0 aromatic carbocycles. The zero-order valence-corrected chi connectivity index (χ0v) is 10.9. The van der Waals surface area contributed by atoms with Crippen molar-refractivity contribution in [3.05, 3.63) is 18.2 Å². The predicted octanol–water partition coefficient (Wildman–Crippen LogP) is 0.0472. The molecule has 1 aromatic heterocycles. The average molecular weight is 250 g/mol. The highest BCUT2D eigenvalue weighted by atomic mass is 16.2. The van der Waals surface area contributed by atoms with E-state index in [0.717, 1.165) is 5.82 Å². The SMILES string of the molecule is Cn1ccnc1CN1CCC(=O)NC(C)(C)C1=O. The highest BCUT2D eigenvalue weighted by Crippen LogP contribution is 2.15. The van der Waals surface area contributed by atoms with Crippen LogP contribution in [0.1, 0.15) is 26.1 Å². The Balaban J connectivity index is 2.19. The number of aromatic nitrogens is 2. The number of aryl methyl sites for hydroxylation is 1. The van der Waals surface area contributed by atoms with Crippen molar-refractivity contribution in [2.45, 2.75) is 32.4 Å². The highest BCUT2D eigenvalue weighted by molar-refractivity contribution is 5.92. The van der Waals surface area contributed by atoms with Crippen LogP contribution in [0.3, 0.4) is 0 Å². The summed E-state index contributed by atoms with van der Waals surface area (Å²) in [6.45, 7) is 4.32. The van der Waals surface area contributed by atoms with Crippen LogP contribution in [0.25, 0.3) is 0 Å². The molecule has 6 heteroatoms. The monoisotopic (exact) mass is 250 g/mol. The Kier molecular flexibility index (Phi) is 3.11. The molecule has 18 heavy (non-hydrogen) atoms. The smallest absolute Gasteiger partial charge is 0.248 e. The Labute approximate surface area is 106 Å². The maximum atomic E-state index is 12.3. The summed E-state index contributed by atoms with van der Waals surface area (Å²) in [7, 11) is 1.89. The summed E-state index contributed by atoms with van der Waals surface area (Å²) in [5.41, 5.74) is -0.848. The minimum atomic E-state index is -0.848. The van der Waals surface area contributed by atoms with Crippen molar-refractivity contribution in [3.63, 3.8) is 0 Å². The maximum Gasteiger partial charge on any atom is 0.248 e. The summed E-state index contributed by atoms with van der Waals surface area (Å²) in [4.78, 5) is 29.8. The number of carbonyl (C=O) groups is 2. The third-order valence-corrected chi connectivity index (χ3v) is 3.14. The van der Waals surface area contributed by atoms with Gasteiger partial charge in [-0.15, -0.1) is 0 Å². The molecule has 0 bridgehead atoms. The molecule has 1 aliphatic rings. The first-order valence-corrected chi connectivity index (χ1v) is 5.97. The van der Waals surface area contributed by atoms with E-state index in [2.05, 4.69) is 10.3 Å². The van der Waals surface area contributed by atoms with E-state index in [0.29, 0.717) is 19.5 Å². The average Bonchev–Trinajstić information content (AvgIpc) is 2.64. The molecule has 6 nitrogen and oxygen atoms in total. The van der Waals surface area contributed by atoms with Crippen LogP contribution in [-0.4, -0.2) is 38.3 Å². The second-order valence-electron chi connectivity index (χ2n) is 5.10. The quantitative estimate of drug-likeness (QED) is 0.806. The second-order valence-corrected chi connectivity index (χ2v) is 5.10. The number of nitrogens with one attached hydrogen (secondary N) is 1. The van der Waals surface area contributed by atoms with Gasteiger partial charge in [-0.05, 0) is 13.8 Å². The van der Waals surface area contributed by atoms with Crippen molar-refractivity contribution >= 4 is 11.8 Å². The van der Waals surface area contributed by atoms with Crippen LogP contribution in [0, 0.1) is 0 Å². The molecule has 2 amide bonds. The minimum Gasteiger partial charge on any atom is -0.342 e. The van der Waals surface area contributed by atoms with Crippen LogP contribution in [0.15, 0.2) is 12.4 Å². The molecule has 0 radical (unpaired) electrons. The van der Waals surface area contributed by atoms with Crippen LogP contribution >= 0.6 is 0 Å². The standard InChI is InChI=1S/C12H18N4O2/c1-12(2)11(18)16(6-4-10(17)14-12)8-9-13-5-7-15(9)3/h5,7H,4,6,8H2,1-3H3,(H,14,17). The number of hydrogen-bond donors (Lipinski definition) is 1. The number of carbonyl (C=O) groups excluding carboxylic acids is 2. The zero-order chi connectivity index (χ0) is 13.3. The lowest BCUT2D eigenvalue weighted by Gasteiger charge is -2.28. The largest absolute Gasteiger partial charge is 0.342 e. The van der Waals surface area contributed by atoms with E-state index in [9.17, 15) is 9.59 Å². The molecule has 1 aliphatic heterocycles. The van der Waals surface area contributed by atoms with Crippen LogP contribution in [0.5, 0.6) is 0 Å². The van der Waals surface area contributed by atoms with Crippen LogP contribution in [0.2, 0.25) is 0 Å². The molecule has 1 saturated heterocycles. The first-order valence-electron chi connectivity index (χ1n) is 5.97. The van der Waals surface area contributed by atoms with Gasteiger partial charge in [0.05, 0.1) is 6.54 Å². The van der Waals surface area contributed by atoms with E-state index in [-0.39, 0.29) is 11.8 Å². The fraction of sp³-hybridized carbons (Fsp3) is 0.583. The van der Waals surface area contributed by atoms with Crippen LogP contribution in [0.4, 0.5) is 0 Å². The van der Waals surface area contributed by atoms with Gasteiger partial charge < -0.3 is 14.8 Å². The van der Waals surface area contributed by atoms with Crippen molar-refractivity contribution in [3.8, 4) is 0 Å². The molecule has 0 saturated carbocycles. The molecule has 1 fully saturated rings. The Bertz CT molecular complexity index is 478. The molecule has 0 unspecified atom stereocenters. The Morgan fingerprint density at radius 2 is 2.17 bits per heavy atom. The maximum absolute atomic E-state index is 12.3. The van der Waals surface area contributed by atoms with Gasteiger partial charge in [0.25, 0.3) is 0 Å². The van der Waals surface area contributed by atoms with Gasteiger partial charge >= 0.3 is 0 Å². The second kappa shape index (κ2) is 4.44. The lowest BCUT2D eigenvalue weighted by atomic mass is 10.0. The molecule has 2 heterocycles. The zero-order valence-electron chi connectivity index (χ0n) is 10.9. The van der Waals surface area contributed by atoms with Crippen molar-refractivity contribution in [1.82, 2.24) is 19.8 Å². The number of nitrogens with zero attached hydrogens (tertiary/aromatic N) is 3. The summed E-state index contributed by atoms with van der Waals surface area (Å²) in [5.74, 6) is 0.653. The van der Waals surface area contributed by atoms with Gasteiger partial charge in [0.15, 0.2) is 0 Å². The van der Waals surface area contributed by atoms with Gasteiger partial charge in [0, 0.05) is 32.4 Å². The van der Waals surface area contributed by atoms with Crippen molar-refractivity contribution in [2.75, 3.05) is 6.54 Å². The fourth-order valence-corrected chi connectivity index (χ4v) is 2.07. The van der Waals surface area contributed by atoms with E-state index in [1.807, 2.05) is 17.8 Å². The Morgan fingerprint density at radius 1 is 1.44 bits per heavy atom. The highest BCUT2D eigenvalue weighted by Gasteiger charge is 2.36. The summed E-state index contributed by atoms with van der Waals surface area (Å²) >= 11 is 0. The van der Waals surface area contributed by atoms with Gasteiger partial charge in [-0.1, -0.05) is 0 Å². The Hall–Kier alpha value is -1.85. The normalized spacial score (nSPS) is 19.6. The molecular weight excluding hydrogens is 232 g/mol. The molecule has 0 spiro atoms. The van der Waals surface area contributed by atoms with Gasteiger partial charge in [-0.25, -0.2) is 4.98 Å².